The predicted octanol–water partition coefficient (Wildman–Crippen LogP) is 3.52. The molecule has 104 valence electrons. The SMILES string of the molecule is Cc1nn(C)c(Cl)c1CNCC(Cl)CC(C)(C)C. The van der Waals surface area contributed by atoms with Crippen molar-refractivity contribution in [2.45, 2.75) is 46.0 Å². The van der Waals surface area contributed by atoms with Gasteiger partial charge in [-0.25, -0.2) is 0 Å². The van der Waals surface area contributed by atoms with E-state index in [0.29, 0.717) is 11.7 Å². The molecule has 0 spiro atoms. The first kappa shape index (κ1) is 15.8. The largest absolute Gasteiger partial charge is 0.311 e. The van der Waals surface area contributed by atoms with Gasteiger partial charge in [0.15, 0.2) is 0 Å². The van der Waals surface area contributed by atoms with Crippen LogP contribution in [0.25, 0.3) is 0 Å². The fourth-order valence-corrected chi connectivity index (χ4v) is 2.78. The van der Waals surface area contributed by atoms with Crippen LogP contribution >= 0.6 is 23.2 Å². The van der Waals surface area contributed by atoms with Gasteiger partial charge in [-0.3, -0.25) is 4.68 Å². The molecule has 0 amide bonds. The Labute approximate surface area is 120 Å². The summed E-state index contributed by atoms with van der Waals surface area (Å²) in [5.41, 5.74) is 2.28. The van der Waals surface area contributed by atoms with Crippen LogP contribution in [0.1, 0.15) is 38.4 Å². The van der Waals surface area contributed by atoms with Crippen molar-refractivity contribution < 1.29 is 0 Å². The molecule has 0 saturated heterocycles. The number of rotatable bonds is 5. The van der Waals surface area contributed by atoms with E-state index in [0.717, 1.165) is 24.2 Å². The monoisotopic (exact) mass is 291 g/mol. The van der Waals surface area contributed by atoms with Gasteiger partial charge in [-0.05, 0) is 18.8 Å². The third kappa shape index (κ3) is 4.79. The summed E-state index contributed by atoms with van der Waals surface area (Å²) >= 11 is 12.5. The predicted molar refractivity (Wildman–Crippen MR) is 78.4 cm³/mol. The molecule has 0 aliphatic carbocycles. The van der Waals surface area contributed by atoms with Crippen molar-refractivity contribution in [1.29, 1.82) is 0 Å². The van der Waals surface area contributed by atoms with Crippen LogP contribution in [-0.4, -0.2) is 21.7 Å². The molecule has 0 bridgehead atoms. The standard InChI is InChI=1S/C13H23Cl2N3/c1-9-11(12(15)18(5)17-9)8-16-7-10(14)6-13(2,3)4/h10,16H,6-8H2,1-5H3. The maximum atomic E-state index is 6.30. The number of aromatic nitrogens is 2. The van der Waals surface area contributed by atoms with E-state index >= 15 is 0 Å². The Hall–Kier alpha value is -0.250. The Bertz CT molecular complexity index is 394. The van der Waals surface area contributed by atoms with E-state index in [1.54, 1.807) is 4.68 Å². The van der Waals surface area contributed by atoms with Crippen molar-refractivity contribution in [2.24, 2.45) is 12.5 Å². The molecule has 1 unspecified atom stereocenters. The zero-order valence-corrected chi connectivity index (χ0v) is 13.4. The molecule has 5 heteroatoms. The smallest absolute Gasteiger partial charge is 0.131 e. The van der Waals surface area contributed by atoms with Crippen molar-refractivity contribution in [2.75, 3.05) is 6.54 Å². The van der Waals surface area contributed by atoms with E-state index in [2.05, 4.69) is 31.2 Å². The van der Waals surface area contributed by atoms with Crippen LogP contribution < -0.4 is 5.32 Å². The average molecular weight is 292 g/mol. The van der Waals surface area contributed by atoms with Crippen molar-refractivity contribution >= 4 is 23.2 Å². The minimum atomic E-state index is 0.140. The molecular weight excluding hydrogens is 269 g/mol. The minimum absolute atomic E-state index is 0.140. The Morgan fingerprint density at radius 1 is 1.39 bits per heavy atom. The molecule has 0 fully saturated rings. The fraction of sp³-hybridized carbons (Fsp3) is 0.769. The summed E-state index contributed by atoms with van der Waals surface area (Å²) in [5, 5.41) is 8.46. The quantitative estimate of drug-likeness (QED) is 0.842. The van der Waals surface area contributed by atoms with Crippen LogP contribution in [-0.2, 0) is 13.6 Å². The summed E-state index contributed by atoms with van der Waals surface area (Å²) in [5.74, 6) is 0. The highest BCUT2D eigenvalue weighted by Gasteiger charge is 2.17. The lowest BCUT2D eigenvalue weighted by molar-refractivity contribution is 0.364. The maximum absolute atomic E-state index is 6.30. The summed E-state index contributed by atoms with van der Waals surface area (Å²) in [6, 6.07) is 0. The lowest BCUT2D eigenvalue weighted by Crippen LogP contribution is -2.26. The highest BCUT2D eigenvalue weighted by molar-refractivity contribution is 6.30. The molecule has 0 aromatic carbocycles. The number of hydrogen-bond donors (Lipinski definition) is 1. The third-order valence-electron chi connectivity index (χ3n) is 2.77. The molecule has 1 N–H and O–H groups in total. The van der Waals surface area contributed by atoms with Gasteiger partial charge in [-0.2, -0.15) is 5.10 Å². The first-order valence-corrected chi connectivity index (χ1v) is 7.05. The molecule has 1 aromatic rings. The topological polar surface area (TPSA) is 29.9 Å². The Balaban J connectivity index is 2.42. The van der Waals surface area contributed by atoms with Gasteiger partial charge in [0.1, 0.15) is 5.15 Å². The van der Waals surface area contributed by atoms with E-state index in [-0.39, 0.29) is 10.8 Å². The maximum Gasteiger partial charge on any atom is 0.131 e. The van der Waals surface area contributed by atoms with E-state index in [9.17, 15) is 0 Å². The Kier molecular flexibility index (Phi) is 5.50. The van der Waals surface area contributed by atoms with Crippen LogP contribution in [0.3, 0.4) is 0 Å². The lowest BCUT2D eigenvalue weighted by atomic mass is 9.90. The summed E-state index contributed by atoms with van der Waals surface area (Å²) in [7, 11) is 1.85. The van der Waals surface area contributed by atoms with Gasteiger partial charge in [0.05, 0.1) is 5.69 Å². The number of nitrogens with one attached hydrogen (secondary N) is 1. The number of alkyl halides is 1. The summed E-state index contributed by atoms with van der Waals surface area (Å²) in [4.78, 5) is 0. The van der Waals surface area contributed by atoms with Gasteiger partial charge in [-0.15, -0.1) is 11.6 Å². The first-order valence-electron chi connectivity index (χ1n) is 6.23. The Morgan fingerprint density at radius 2 is 2.00 bits per heavy atom. The second-order valence-corrected chi connectivity index (χ2v) is 6.95. The molecular formula is C13H23Cl2N3. The highest BCUT2D eigenvalue weighted by Crippen LogP contribution is 2.23. The van der Waals surface area contributed by atoms with E-state index in [4.69, 9.17) is 23.2 Å². The summed E-state index contributed by atoms with van der Waals surface area (Å²) in [6.07, 6.45) is 0.987. The zero-order chi connectivity index (χ0) is 13.9. The van der Waals surface area contributed by atoms with E-state index in [1.807, 2.05) is 14.0 Å². The Morgan fingerprint density at radius 3 is 2.44 bits per heavy atom. The van der Waals surface area contributed by atoms with Gasteiger partial charge < -0.3 is 5.32 Å². The van der Waals surface area contributed by atoms with E-state index < -0.39 is 0 Å². The van der Waals surface area contributed by atoms with Crippen LogP contribution in [0.5, 0.6) is 0 Å². The summed E-state index contributed by atoms with van der Waals surface area (Å²) < 4.78 is 1.70. The number of halogens is 2. The van der Waals surface area contributed by atoms with Crippen LogP contribution in [0.2, 0.25) is 5.15 Å². The van der Waals surface area contributed by atoms with Gasteiger partial charge >= 0.3 is 0 Å². The van der Waals surface area contributed by atoms with Gasteiger partial charge in [0, 0.05) is 31.1 Å². The molecule has 3 nitrogen and oxygen atoms in total. The fourth-order valence-electron chi connectivity index (χ4n) is 1.97. The second-order valence-electron chi connectivity index (χ2n) is 5.97. The molecule has 1 heterocycles. The van der Waals surface area contributed by atoms with Crippen molar-refractivity contribution in [3.8, 4) is 0 Å². The second kappa shape index (κ2) is 6.27. The molecule has 18 heavy (non-hydrogen) atoms. The molecule has 1 rings (SSSR count). The van der Waals surface area contributed by atoms with Crippen LogP contribution in [0.15, 0.2) is 0 Å². The first-order chi connectivity index (χ1) is 8.20. The molecule has 0 aliphatic heterocycles. The molecule has 1 aromatic heterocycles. The lowest BCUT2D eigenvalue weighted by Gasteiger charge is -2.22. The van der Waals surface area contributed by atoms with Crippen molar-refractivity contribution in [1.82, 2.24) is 15.1 Å². The van der Waals surface area contributed by atoms with Crippen LogP contribution in [0.4, 0.5) is 0 Å². The number of aryl methyl sites for hydroxylation is 2. The average Bonchev–Trinajstić information content (AvgIpc) is 2.41. The van der Waals surface area contributed by atoms with Crippen LogP contribution in [0, 0.1) is 12.3 Å². The molecule has 1 atom stereocenters. The van der Waals surface area contributed by atoms with Crippen molar-refractivity contribution in [3.05, 3.63) is 16.4 Å². The summed E-state index contributed by atoms with van der Waals surface area (Å²) in [6.45, 7) is 10.1. The third-order valence-corrected chi connectivity index (χ3v) is 3.55. The highest BCUT2D eigenvalue weighted by atomic mass is 35.5. The van der Waals surface area contributed by atoms with E-state index in [1.165, 1.54) is 0 Å². The number of hydrogen-bond acceptors (Lipinski definition) is 2. The zero-order valence-electron chi connectivity index (χ0n) is 11.8. The van der Waals surface area contributed by atoms with Gasteiger partial charge in [0.2, 0.25) is 0 Å². The number of nitrogens with zero attached hydrogens (tertiary/aromatic N) is 2. The van der Waals surface area contributed by atoms with Gasteiger partial charge in [-0.1, -0.05) is 32.4 Å². The molecule has 0 radical (unpaired) electrons. The minimum Gasteiger partial charge on any atom is -0.311 e. The molecule has 0 aliphatic rings. The normalized spacial score (nSPS) is 13.9. The molecule has 0 saturated carbocycles. The van der Waals surface area contributed by atoms with Gasteiger partial charge in [0.25, 0.3) is 0 Å². The van der Waals surface area contributed by atoms with Crippen molar-refractivity contribution in [3.63, 3.8) is 0 Å².